The van der Waals surface area contributed by atoms with Gasteiger partial charge in [-0.05, 0) is 46.5 Å². The van der Waals surface area contributed by atoms with Gasteiger partial charge in [0.1, 0.15) is 0 Å². The van der Waals surface area contributed by atoms with E-state index in [1.54, 1.807) is 17.2 Å². The third-order valence-corrected chi connectivity index (χ3v) is 7.89. The molecule has 1 aromatic heterocycles. The number of ether oxygens (including phenoxy) is 2. The van der Waals surface area contributed by atoms with Crippen LogP contribution in [0.1, 0.15) is 74.0 Å². The number of hydroxylamine groups is 1. The van der Waals surface area contributed by atoms with Crippen molar-refractivity contribution in [1.29, 1.82) is 0 Å². The van der Waals surface area contributed by atoms with E-state index in [1.807, 2.05) is 48.5 Å². The predicted molar refractivity (Wildman–Crippen MR) is 151 cm³/mol. The largest absolute Gasteiger partial charge is 0.392 e. The van der Waals surface area contributed by atoms with Gasteiger partial charge in [0.15, 0.2) is 6.29 Å². The van der Waals surface area contributed by atoms with Gasteiger partial charge in [-0.15, -0.1) is 5.10 Å². The number of tetrazole rings is 1. The molecular weight excluding hydrogens is 548 g/mol. The number of hydrogen-bond donors (Lipinski definition) is 4. The smallest absolute Gasteiger partial charge is 0.243 e. The molecule has 13 heteroatoms. The van der Waals surface area contributed by atoms with E-state index in [4.69, 9.17) is 14.7 Å². The van der Waals surface area contributed by atoms with E-state index in [9.17, 15) is 14.7 Å². The Balaban J connectivity index is 1.33. The van der Waals surface area contributed by atoms with E-state index in [2.05, 4.69) is 20.8 Å². The monoisotopic (exact) mass is 584 g/mol. The molecule has 3 aromatic rings. The molecule has 2 heterocycles. The number of hydrogen-bond acceptors (Lipinski definition) is 10. The standard InChI is InChI=1S/C28H36N6O6S/c1-34-28(30-32-33-34)41-18-23-16-24(20-10-8-19(17-35)9-11-20)40-27(39-23)21-12-14-22(15-13-21)29-25(36)6-4-2-3-5-7-26(37)31-38/h8-15,23-24,27,35,38H,2-7,16-18H2,1H3,(H,29,36)(H,31,37). The van der Waals surface area contributed by atoms with E-state index < -0.39 is 12.2 Å². The van der Waals surface area contributed by atoms with Gasteiger partial charge >= 0.3 is 0 Å². The number of benzene rings is 2. The van der Waals surface area contributed by atoms with Crippen LogP contribution < -0.4 is 10.8 Å². The van der Waals surface area contributed by atoms with E-state index in [0.29, 0.717) is 35.9 Å². The molecule has 0 bridgehead atoms. The second kappa shape index (κ2) is 15.6. The topological polar surface area (TPSA) is 161 Å². The first-order valence-corrected chi connectivity index (χ1v) is 14.6. The van der Waals surface area contributed by atoms with Crippen LogP contribution in [0.4, 0.5) is 5.69 Å². The lowest BCUT2D eigenvalue weighted by molar-refractivity contribution is -0.245. The first-order valence-electron chi connectivity index (χ1n) is 13.6. The first-order chi connectivity index (χ1) is 19.9. The first kappa shape index (κ1) is 30.6. The minimum Gasteiger partial charge on any atom is -0.392 e. The SMILES string of the molecule is Cn1nnnc1SCC1CC(c2ccc(CO)cc2)OC(c2ccc(NC(=O)CCCCCCC(=O)NO)cc2)O1. The van der Waals surface area contributed by atoms with Crippen LogP contribution in [0.25, 0.3) is 0 Å². The Morgan fingerprint density at radius 2 is 1.66 bits per heavy atom. The molecule has 0 radical (unpaired) electrons. The zero-order chi connectivity index (χ0) is 29.0. The van der Waals surface area contributed by atoms with Crippen LogP contribution in [0.3, 0.4) is 0 Å². The van der Waals surface area contributed by atoms with E-state index >= 15 is 0 Å². The van der Waals surface area contributed by atoms with Gasteiger partial charge in [0, 0.05) is 43.3 Å². The highest BCUT2D eigenvalue weighted by Crippen LogP contribution is 2.39. The molecule has 41 heavy (non-hydrogen) atoms. The molecule has 4 rings (SSSR count). The molecule has 0 aliphatic carbocycles. The summed E-state index contributed by atoms with van der Waals surface area (Å²) in [4.78, 5) is 23.4. The average molecular weight is 585 g/mol. The Morgan fingerprint density at radius 1 is 0.976 bits per heavy atom. The van der Waals surface area contributed by atoms with Crippen molar-refractivity contribution in [1.82, 2.24) is 25.7 Å². The highest BCUT2D eigenvalue weighted by atomic mass is 32.2. The lowest BCUT2D eigenvalue weighted by Crippen LogP contribution is -2.31. The minimum absolute atomic E-state index is 0.0169. The fraction of sp³-hybridized carbons (Fsp3) is 0.464. The van der Waals surface area contributed by atoms with Crippen molar-refractivity contribution in [3.8, 4) is 0 Å². The lowest BCUT2D eigenvalue weighted by Gasteiger charge is -2.36. The maximum Gasteiger partial charge on any atom is 0.243 e. The van der Waals surface area contributed by atoms with Gasteiger partial charge in [-0.25, -0.2) is 10.2 Å². The number of nitrogens with one attached hydrogen (secondary N) is 2. The summed E-state index contributed by atoms with van der Waals surface area (Å²) in [5, 5.41) is 33.2. The molecule has 12 nitrogen and oxygen atoms in total. The number of aromatic nitrogens is 4. The third kappa shape index (κ3) is 9.33. The summed E-state index contributed by atoms with van der Waals surface area (Å²) in [6.45, 7) is -0.0169. The average Bonchev–Trinajstić information content (AvgIpc) is 3.42. The van der Waals surface area contributed by atoms with Crippen LogP contribution in [0, 0.1) is 0 Å². The van der Waals surface area contributed by atoms with Gasteiger partial charge in [-0.2, -0.15) is 0 Å². The van der Waals surface area contributed by atoms with Gasteiger partial charge in [0.2, 0.25) is 17.0 Å². The van der Waals surface area contributed by atoms with Crippen molar-refractivity contribution >= 4 is 29.3 Å². The van der Waals surface area contributed by atoms with E-state index in [-0.39, 0.29) is 31.1 Å². The van der Waals surface area contributed by atoms with Crippen LogP contribution in [0.15, 0.2) is 53.7 Å². The normalized spacial score (nSPS) is 18.7. The van der Waals surface area contributed by atoms with Crippen molar-refractivity contribution < 1.29 is 29.4 Å². The van der Waals surface area contributed by atoms with Crippen LogP contribution >= 0.6 is 11.8 Å². The van der Waals surface area contributed by atoms with Crippen molar-refractivity contribution in [2.75, 3.05) is 11.1 Å². The number of anilines is 1. The van der Waals surface area contributed by atoms with Gasteiger partial charge in [-0.3, -0.25) is 14.8 Å². The molecule has 1 aliphatic heterocycles. The molecule has 1 fully saturated rings. The van der Waals surface area contributed by atoms with E-state index in [0.717, 1.165) is 36.0 Å². The highest BCUT2D eigenvalue weighted by molar-refractivity contribution is 7.99. The zero-order valence-electron chi connectivity index (χ0n) is 22.9. The van der Waals surface area contributed by atoms with Crippen molar-refractivity contribution in [3.63, 3.8) is 0 Å². The predicted octanol–water partition coefficient (Wildman–Crippen LogP) is 3.82. The van der Waals surface area contributed by atoms with Crippen LogP contribution in [0.5, 0.6) is 0 Å². The molecule has 3 atom stereocenters. The number of carbonyl (C=O) groups excluding carboxylic acids is 2. The molecule has 1 aliphatic rings. The third-order valence-electron chi connectivity index (χ3n) is 6.74. The molecule has 2 amide bonds. The summed E-state index contributed by atoms with van der Waals surface area (Å²) in [5.74, 6) is 0.177. The number of aliphatic hydroxyl groups is 1. The van der Waals surface area contributed by atoms with Crippen LogP contribution in [0.2, 0.25) is 0 Å². The molecule has 220 valence electrons. The van der Waals surface area contributed by atoms with Gasteiger partial charge in [0.25, 0.3) is 0 Å². The Morgan fingerprint density at radius 3 is 2.29 bits per heavy atom. The fourth-order valence-electron chi connectivity index (χ4n) is 4.46. The second-order valence-electron chi connectivity index (χ2n) is 9.87. The quantitative estimate of drug-likeness (QED) is 0.0949. The molecule has 4 N–H and O–H groups in total. The zero-order valence-corrected chi connectivity index (χ0v) is 23.8. The molecular formula is C28H36N6O6S. The lowest BCUT2D eigenvalue weighted by atomic mass is 10.0. The van der Waals surface area contributed by atoms with Crippen LogP contribution in [-0.4, -0.2) is 54.2 Å². The van der Waals surface area contributed by atoms with Gasteiger partial charge < -0.3 is 19.9 Å². The number of nitrogens with zero attached hydrogens (tertiary/aromatic N) is 4. The number of thioether (sulfide) groups is 1. The number of amides is 2. The minimum atomic E-state index is -0.604. The van der Waals surface area contributed by atoms with Gasteiger partial charge in [0.05, 0.1) is 18.8 Å². The summed E-state index contributed by atoms with van der Waals surface area (Å²) in [6.07, 6.45) is 3.42. The fourth-order valence-corrected chi connectivity index (χ4v) is 5.33. The van der Waals surface area contributed by atoms with Crippen LogP contribution in [-0.2, 0) is 32.7 Å². The second-order valence-corrected chi connectivity index (χ2v) is 10.9. The summed E-state index contributed by atoms with van der Waals surface area (Å²) in [5.41, 5.74) is 4.98. The summed E-state index contributed by atoms with van der Waals surface area (Å²) in [6, 6.07) is 15.2. The Kier molecular flexibility index (Phi) is 11.6. The molecule has 0 saturated carbocycles. The molecule has 3 unspecified atom stereocenters. The summed E-state index contributed by atoms with van der Waals surface area (Å²) < 4.78 is 14.4. The number of aliphatic hydroxyl groups excluding tert-OH is 1. The Labute approximate surface area is 242 Å². The number of unbranched alkanes of at least 4 members (excludes halogenated alkanes) is 3. The van der Waals surface area contributed by atoms with Crippen molar-refractivity contribution in [2.24, 2.45) is 7.05 Å². The molecule has 1 saturated heterocycles. The highest BCUT2D eigenvalue weighted by Gasteiger charge is 2.32. The summed E-state index contributed by atoms with van der Waals surface area (Å²) in [7, 11) is 1.80. The number of aryl methyl sites for hydroxylation is 1. The Hall–Kier alpha value is -3.36. The number of carbonyl (C=O) groups is 2. The van der Waals surface area contributed by atoms with Crippen molar-refractivity contribution in [3.05, 3.63) is 65.2 Å². The van der Waals surface area contributed by atoms with Gasteiger partial charge in [-0.1, -0.05) is 61.0 Å². The Bertz CT molecular complexity index is 1260. The van der Waals surface area contributed by atoms with E-state index in [1.165, 1.54) is 11.8 Å². The summed E-state index contributed by atoms with van der Waals surface area (Å²) >= 11 is 1.52. The molecule has 0 spiro atoms. The maximum absolute atomic E-state index is 12.4. The van der Waals surface area contributed by atoms with Crippen molar-refractivity contribution in [2.45, 2.75) is 75.2 Å². The number of rotatable bonds is 14. The molecule has 2 aromatic carbocycles. The maximum atomic E-state index is 12.4.